The number of nitrogens with zero attached hydrogens (tertiary/aromatic N) is 4. The van der Waals surface area contributed by atoms with Crippen LogP contribution in [0.3, 0.4) is 0 Å². The van der Waals surface area contributed by atoms with E-state index in [1.165, 1.54) is 37.7 Å². The van der Waals surface area contributed by atoms with E-state index in [0.29, 0.717) is 0 Å². The SMILES string of the molecule is COc1cnc(C(F)F)cc1-c1cc(-n2ncccc2=O)ncc1C(=O)OCc1ccccc1. The van der Waals surface area contributed by atoms with Gasteiger partial charge in [-0.15, -0.1) is 0 Å². The van der Waals surface area contributed by atoms with Gasteiger partial charge in [-0.2, -0.15) is 9.78 Å². The first-order valence-electron chi connectivity index (χ1n) is 10.1. The average molecular weight is 464 g/mol. The van der Waals surface area contributed by atoms with Crippen LogP contribution in [0.25, 0.3) is 16.9 Å². The number of alkyl halides is 2. The molecule has 0 saturated heterocycles. The van der Waals surface area contributed by atoms with Crippen molar-refractivity contribution in [2.75, 3.05) is 7.11 Å². The van der Waals surface area contributed by atoms with Crippen LogP contribution in [-0.2, 0) is 11.3 Å². The Morgan fingerprint density at radius 1 is 1.03 bits per heavy atom. The minimum absolute atomic E-state index is 0.00364. The lowest BCUT2D eigenvalue weighted by Crippen LogP contribution is -2.21. The highest BCUT2D eigenvalue weighted by atomic mass is 19.3. The van der Waals surface area contributed by atoms with Crippen molar-refractivity contribution < 1.29 is 23.0 Å². The third kappa shape index (κ3) is 4.80. The smallest absolute Gasteiger partial charge is 0.340 e. The van der Waals surface area contributed by atoms with Crippen LogP contribution in [0.1, 0.15) is 28.0 Å². The molecule has 8 nitrogen and oxygen atoms in total. The quantitative estimate of drug-likeness (QED) is 0.382. The van der Waals surface area contributed by atoms with E-state index in [-0.39, 0.29) is 34.9 Å². The number of hydrogen-bond acceptors (Lipinski definition) is 7. The molecule has 0 atom stereocenters. The molecule has 1 aromatic carbocycles. The second kappa shape index (κ2) is 9.99. The third-order valence-electron chi connectivity index (χ3n) is 4.88. The summed E-state index contributed by atoms with van der Waals surface area (Å²) in [6.45, 7) is -0.00364. The molecule has 0 bridgehead atoms. The lowest BCUT2D eigenvalue weighted by Gasteiger charge is -2.15. The lowest BCUT2D eigenvalue weighted by molar-refractivity contribution is 0.0473. The molecule has 3 aromatic heterocycles. The fraction of sp³-hybridized carbons (Fsp3) is 0.125. The van der Waals surface area contributed by atoms with E-state index in [1.807, 2.05) is 18.2 Å². The molecule has 4 rings (SSSR count). The molecule has 0 unspecified atom stereocenters. The highest BCUT2D eigenvalue weighted by molar-refractivity contribution is 5.98. The van der Waals surface area contributed by atoms with Crippen LogP contribution in [0.4, 0.5) is 8.78 Å². The zero-order valence-electron chi connectivity index (χ0n) is 17.9. The maximum absolute atomic E-state index is 13.4. The molecule has 4 aromatic rings. The number of esters is 1. The molecule has 172 valence electrons. The lowest BCUT2D eigenvalue weighted by atomic mass is 10.0. The number of rotatable bonds is 7. The Labute approximate surface area is 192 Å². The van der Waals surface area contributed by atoms with E-state index in [4.69, 9.17) is 9.47 Å². The predicted molar refractivity (Wildman–Crippen MR) is 118 cm³/mol. The summed E-state index contributed by atoms with van der Waals surface area (Å²) in [6.07, 6.45) is 0.898. The highest BCUT2D eigenvalue weighted by Crippen LogP contribution is 2.35. The zero-order valence-corrected chi connectivity index (χ0v) is 17.9. The second-order valence-electron chi connectivity index (χ2n) is 7.03. The summed E-state index contributed by atoms with van der Waals surface area (Å²) in [7, 11) is 1.35. The first-order valence-corrected chi connectivity index (χ1v) is 10.1. The van der Waals surface area contributed by atoms with Crippen molar-refractivity contribution in [2.45, 2.75) is 13.0 Å². The highest BCUT2D eigenvalue weighted by Gasteiger charge is 2.22. The van der Waals surface area contributed by atoms with Gasteiger partial charge in [-0.3, -0.25) is 9.78 Å². The van der Waals surface area contributed by atoms with Crippen molar-refractivity contribution in [2.24, 2.45) is 0 Å². The molecular weight excluding hydrogens is 446 g/mol. The van der Waals surface area contributed by atoms with Crippen molar-refractivity contribution in [3.63, 3.8) is 0 Å². The van der Waals surface area contributed by atoms with Gasteiger partial charge < -0.3 is 9.47 Å². The molecule has 0 saturated carbocycles. The molecule has 0 N–H and O–H groups in total. The normalized spacial score (nSPS) is 10.8. The van der Waals surface area contributed by atoms with Gasteiger partial charge in [-0.1, -0.05) is 30.3 Å². The predicted octanol–water partition coefficient (Wildman–Crippen LogP) is 3.99. The second-order valence-corrected chi connectivity index (χ2v) is 7.03. The summed E-state index contributed by atoms with van der Waals surface area (Å²) < 4.78 is 38.6. The van der Waals surface area contributed by atoms with Crippen LogP contribution in [0.2, 0.25) is 0 Å². The molecule has 3 heterocycles. The molecule has 0 radical (unpaired) electrons. The van der Waals surface area contributed by atoms with Gasteiger partial charge >= 0.3 is 5.97 Å². The summed E-state index contributed by atoms with van der Waals surface area (Å²) in [5.74, 6) is -0.506. The first kappa shape index (κ1) is 22.7. The van der Waals surface area contributed by atoms with Crippen molar-refractivity contribution in [3.05, 3.63) is 100 Å². The van der Waals surface area contributed by atoms with Crippen LogP contribution < -0.4 is 10.3 Å². The van der Waals surface area contributed by atoms with Gasteiger partial charge in [0.05, 0.1) is 18.9 Å². The summed E-state index contributed by atoms with van der Waals surface area (Å²) in [4.78, 5) is 33.1. The molecule has 0 aliphatic heterocycles. The minimum atomic E-state index is -2.85. The van der Waals surface area contributed by atoms with Gasteiger partial charge in [0.1, 0.15) is 18.1 Å². The Hall–Kier alpha value is -4.47. The van der Waals surface area contributed by atoms with Crippen LogP contribution in [0.15, 0.2) is 78.0 Å². The van der Waals surface area contributed by atoms with Crippen molar-refractivity contribution in [1.29, 1.82) is 0 Å². The van der Waals surface area contributed by atoms with Crippen molar-refractivity contribution in [1.82, 2.24) is 19.7 Å². The van der Waals surface area contributed by atoms with E-state index in [2.05, 4.69) is 15.1 Å². The van der Waals surface area contributed by atoms with E-state index in [9.17, 15) is 18.4 Å². The van der Waals surface area contributed by atoms with E-state index >= 15 is 0 Å². The molecule has 0 fully saturated rings. The Morgan fingerprint density at radius 2 is 1.82 bits per heavy atom. The van der Waals surface area contributed by atoms with E-state index in [1.54, 1.807) is 12.1 Å². The van der Waals surface area contributed by atoms with Crippen LogP contribution in [0.5, 0.6) is 5.75 Å². The molecule has 10 heteroatoms. The fourth-order valence-electron chi connectivity index (χ4n) is 3.23. The largest absolute Gasteiger partial charge is 0.494 e. The molecular formula is C24H18F2N4O4. The van der Waals surface area contributed by atoms with Crippen LogP contribution >= 0.6 is 0 Å². The molecule has 0 aliphatic rings. The molecule has 0 spiro atoms. The maximum atomic E-state index is 13.4. The zero-order chi connectivity index (χ0) is 24.1. The van der Waals surface area contributed by atoms with Crippen LogP contribution in [-0.4, -0.2) is 32.8 Å². The number of halogens is 2. The standard InChI is InChI=1S/C24H18F2N4O4/c1-33-20-13-27-19(23(25)26)10-17(20)16-11-21(30-22(31)8-5-9-29-30)28-12-18(16)24(32)34-14-15-6-3-2-4-7-15/h2-13,23H,14H2,1H3. The Bertz CT molecular complexity index is 1380. The monoisotopic (exact) mass is 464 g/mol. The van der Waals surface area contributed by atoms with Gasteiger partial charge in [0.2, 0.25) is 0 Å². The number of pyridine rings is 2. The van der Waals surface area contributed by atoms with Gasteiger partial charge in [0, 0.05) is 29.6 Å². The minimum Gasteiger partial charge on any atom is -0.494 e. The number of aromatic nitrogens is 4. The van der Waals surface area contributed by atoms with Gasteiger partial charge in [0.15, 0.2) is 5.82 Å². The summed E-state index contributed by atoms with van der Waals surface area (Å²) in [6, 6.07) is 14.3. The average Bonchev–Trinajstić information content (AvgIpc) is 2.87. The Morgan fingerprint density at radius 3 is 2.53 bits per heavy atom. The number of carbonyl (C=O) groups excluding carboxylic acids is 1. The molecule has 0 amide bonds. The van der Waals surface area contributed by atoms with Crippen molar-refractivity contribution in [3.8, 4) is 22.7 Å². The molecule has 34 heavy (non-hydrogen) atoms. The fourth-order valence-corrected chi connectivity index (χ4v) is 3.23. The molecule has 0 aliphatic carbocycles. The summed E-state index contributed by atoms with van der Waals surface area (Å²) >= 11 is 0. The Balaban J connectivity index is 1.84. The summed E-state index contributed by atoms with van der Waals surface area (Å²) in [5.41, 5.74) is 0.119. The van der Waals surface area contributed by atoms with Crippen molar-refractivity contribution >= 4 is 5.97 Å². The van der Waals surface area contributed by atoms with Crippen LogP contribution in [0, 0.1) is 0 Å². The van der Waals surface area contributed by atoms with E-state index in [0.717, 1.165) is 22.5 Å². The number of benzene rings is 1. The number of ether oxygens (including phenoxy) is 2. The van der Waals surface area contributed by atoms with Gasteiger partial charge in [0.25, 0.3) is 12.0 Å². The first-order chi connectivity index (χ1) is 16.5. The number of hydrogen-bond donors (Lipinski definition) is 0. The number of carbonyl (C=O) groups is 1. The van der Waals surface area contributed by atoms with Gasteiger partial charge in [-0.05, 0) is 23.8 Å². The maximum Gasteiger partial charge on any atom is 0.340 e. The third-order valence-corrected chi connectivity index (χ3v) is 4.88. The number of methoxy groups -OCH3 is 1. The topological polar surface area (TPSA) is 96.2 Å². The van der Waals surface area contributed by atoms with E-state index < -0.39 is 23.6 Å². The Kier molecular flexibility index (Phi) is 6.67. The van der Waals surface area contributed by atoms with Gasteiger partial charge in [-0.25, -0.2) is 18.6 Å². The summed E-state index contributed by atoms with van der Waals surface area (Å²) in [5, 5.41) is 3.98.